The molecule has 1 fully saturated rings. The maximum Gasteiger partial charge on any atom is 0.126 e. The smallest absolute Gasteiger partial charge is 0.126 e. The van der Waals surface area contributed by atoms with Gasteiger partial charge in [0, 0.05) is 11.2 Å². The molecule has 0 saturated carbocycles. The number of carbonyl (C=O) groups excluding carboxylic acids is 1. The molecule has 2 heteroatoms. The molecule has 1 unspecified atom stereocenters. The Bertz CT molecular complexity index is 94.7. The van der Waals surface area contributed by atoms with Crippen LogP contribution in [-0.2, 0) is 4.79 Å². The van der Waals surface area contributed by atoms with Crippen molar-refractivity contribution in [1.29, 1.82) is 0 Å². The Hall–Kier alpha value is 0.0200. The summed E-state index contributed by atoms with van der Waals surface area (Å²) in [6.07, 6.45) is 2.16. The minimum atomic E-state index is 0.0185. The first-order valence-corrected chi connectivity index (χ1v) is 3.96. The van der Waals surface area contributed by atoms with Crippen LogP contribution in [0.15, 0.2) is 0 Å². The fourth-order valence-electron chi connectivity index (χ4n) is 0.776. The minimum absolute atomic E-state index is 0.0185. The van der Waals surface area contributed by atoms with E-state index in [0.29, 0.717) is 0 Å². The molecule has 1 heterocycles. The molecule has 0 aromatic rings. The van der Waals surface area contributed by atoms with Gasteiger partial charge in [0.1, 0.15) is 6.29 Å². The highest BCUT2D eigenvalue weighted by Crippen LogP contribution is 2.32. The second-order valence-corrected chi connectivity index (χ2v) is 3.68. The number of hydrogen-bond donors (Lipinski definition) is 0. The molecule has 1 atom stereocenters. The van der Waals surface area contributed by atoms with Crippen molar-refractivity contribution in [2.45, 2.75) is 13.3 Å². The normalized spacial score (nSPS) is 37.6. The van der Waals surface area contributed by atoms with Gasteiger partial charge in [0.05, 0.1) is 0 Å². The Kier molecular flexibility index (Phi) is 1.61. The summed E-state index contributed by atoms with van der Waals surface area (Å²) in [6, 6.07) is 0. The summed E-state index contributed by atoms with van der Waals surface area (Å²) in [5, 5.41) is 0. The van der Waals surface area contributed by atoms with Crippen molar-refractivity contribution < 1.29 is 4.79 Å². The summed E-state index contributed by atoms with van der Waals surface area (Å²) in [7, 11) is 0. The molecule has 0 aromatic carbocycles. The van der Waals surface area contributed by atoms with Crippen molar-refractivity contribution in [3.05, 3.63) is 0 Å². The topological polar surface area (TPSA) is 17.1 Å². The molecule has 46 valence electrons. The first kappa shape index (κ1) is 6.14. The third-order valence-electron chi connectivity index (χ3n) is 1.53. The lowest BCUT2D eigenvalue weighted by molar-refractivity contribution is -0.114. The molecule has 0 bridgehead atoms. The molecule has 0 N–H and O–H groups in total. The van der Waals surface area contributed by atoms with Gasteiger partial charge in [-0.3, -0.25) is 0 Å². The van der Waals surface area contributed by atoms with E-state index < -0.39 is 0 Å². The van der Waals surface area contributed by atoms with Gasteiger partial charge in [0.25, 0.3) is 0 Å². The molecule has 1 aliphatic heterocycles. The molecule has 0 aromatic heterocycles. The van der Waals surface area contributed by atoms with E-state index in [0.717, 1.165) is 24.2 Å². The summed E-state index contributed by atoms with van der Waals surface area (Å²) in [4.78, 5) is 10.3. The lowest BCUT2D eigenvalue weighted by Gasteiger charge is -2.10. The first-order valence-electron chi connectivity index (χ1n) is 2.81. The van der Waals surface area contributed by atoms with E-state index in [1.54, 1.807) is 0 Å². The van der Waals surface area contributed by atoms with Gasteiger partial charge < -0.3 is 4.79 Å². The zero-order valence-electron chi connectivity index (χ0n) is 5.02. The average molecular weight is 130 g/mol. The summed E-state index contributed by atoms with van der Waals surface area (Å²) in [6.45, 7) is 2.03. The summed E-state index contributed by atoms with van der Waals surface area (Å²) in [5.74, 6) is 2.19. The predicted octanol–water partition coefficient (Wildman–Crippen LogP) is 1.33. The van der Waals surface area contributed by atoms with Crippen molar-refractivity contribution in [3.8, 4) is 0 Å². The van der Waals surface area contributed by atoms with Crippen molar-refractivity contribution in [3.63, 3.8) is 0 Å². The zero-order chi connectivity index (χ0) is 6.04. The van der Waals surface area contributed by atoms with Crippen LogP contribution in [0.25, 0.3) is 0 Å². The summed E-state index contributed by atoms with van der Waals surface area (Å²) < 4.78 is 0. The molecule has 0 aliphatic carbocycles. The highest BCUT2D eigenvalue weighted by Gasteiger charge is 2.27. The first-order chi connectivity index (χ1) is 3.77. The lowest BCUT2D eigenvalue weighted by Crippen LogP contribution is -2.15. The Morgan fingerprint density at radius 1 is 1.75 bits per heavy atom. The van der Waals surface area contributed by atoms with E-state index in [1.807, 2.05) is 18.7 Å². The second-order valence-electron chi connectivity index (χ2n) is 2.57. The number of carbonyl (C=O) groups is 1. The van der Waals surface area contributed by atoms with E-state index in [-0.39, 0.29) is 5.41 Å². The maximum absolute atomic E-state index is 10.3. The fraction of sp³-hybridized carbons (Fsp3) is 0.833. The summed E-state index contributed by atoms with van der Waals surface area (Å²) in [5.41, 5.74) is 0.0185. The van der Waals surface area contributed by atoms with Gasteiger partial charge in [-0.05, 0) is 12.2 Å². The van der Waals surface area contributed by atoms with Crippen molar-refractivity contribution >= 4 is 18.0 Å². The van der Waals surface area contributed by atoms with Crippen LogP contribution in [0.1, 0.15) is 13.3 Å². The van der Waals surface area contributed by atoms with E-state index in [4.69, 9.17) is 0 Å². The lowest BCUT2D eigenvalue weighted by atomic mass is 9.93. The number of thioether (sulfide) groups is 1. The van der Waals surface area contributed by atoms with Crippen LogP contribution in [-0.4, -0.2) is 17.8 Å². The molecule has 1 aliphatic rings. The molecular formula is C6H10OS. The van der Waals surface area contributed by atoms with Gasteiger partial charge in [0.15, 0.2) is 0 Å². The van der Waals surface area contributed by atoms with Crippen molar-refractivity contribution in [1.82, 2.24) is 0 Å². The molecule has 1 saturated heterocycles. The molecule has 0 radical (unpaired) electrons. The quantitative estimate of drug-likeness (QED) is 0.498. The van der Waals surface area contributed by atoms with Gasteiger partial charge in [-0.15, -0.1) is 0 Å². The van der Waals surface area contributed by atoms with Gasteiger partial charge >= 0.3 is 0 Å². The van der Waals surface area contributed by atoms with Gasteiger partial charge in [-0.2, -0.15) is 11.8 Å². The Balaban J connectivity index is 2.52. The van der Waals surface area contributed by atoms with E-state index >= 15 is 0 Å². The van der Waals surface area contributed by atoms with Gasteiger partial charge in [-0.1, -0.05) is 6.92 Å². The number of aldehydes is 1. The molecule has 0 amide bonds. The SMILES string of the molecule is CC1(C=O)CCSC1. The number of hydrogen-bond acceptors (Lipinski definition) is 2. The highest BCUT2D eigenvalue weighted by molar-refractivity contribution is 7.99. The number of rotatable bonds is 1. The molecule has 1 rings (SSSR count). The Labute approximate surface area is 53.8 Å². The Morgan fingerprint density at radius 3 is 2.75 bits per heavy atom. The van der Waals surface area contributed by atoms with Crippen LogP contribution in [0, 0.1) is 5.41 Å². The van der Waals surface area contributed by atoms with Crippen molar-refractivity contribution in [2.24, 2.45) is 5.41 Å². The molecular weight excluding hydrogens is 120 g/mol. The minimum Gasteiger partial charge on any atom is -0.303 e. The molecule has 8 heavy (non-hydrogen) atoms. The van der Waals surface area contributed by atoms with Crippen LogP contribution in [0.3, 0.4) is 0 Å². The van der Waals surface area contributed by atoms with Gasteiger partial charge in [0.2, 0.25) is 0 Å². The van der Waals surface area contributed by atoms with Crippen LogP contribution < -0.4 is 0 Å². The molecule has 1 nitrogen and oxygen atoms in total. The largest absolute Gasteiger partial charge is 0.303 e. The van der Waals surface area contributed by atoms with Crippen molar-refractivity contribution in [2.75, 3.05) is 11.5 Å². The third kappa shape index (κ3) is 1.05. The summed E-state index contributed by atoms with van der Waals surface area (Å²) >= 11 is 1.87. The predicted molar refractivity (Wildman–Crippen MR) is 36.1 cm³/mol. The van der Waals surface area contributed by atoms with Gasteiger partial charge in [-0.25, -0.2) is 0 Å². The highest BCUT2D eigenvalue weighted by atomic mass is 32.2. The monoisotopic (exact) mass is 130 g/mol. The van der Waals surface area contributed by atoms with Crippen LogP contribution in [0.5, 0.6) is 0 Å². The van der Waals surface area contributed by atoms with E-state index in [2.05, 4.69) is 0 Å². The third-order valence-corrected chi connectivity index (χ3v) is 2.89. The molecule has 0 spiro atoms. The second kappa shape index (κ2) is 2.09. The van der Waals surface area contributed by atoms with Crippen LogP contribution in [0.2, 0.25) is 0 Å². The average Bonchev–Trinajstić information content (AvgIpc) is 2.17. The fourth-order valence-corrected chi connectivity index (χ4v) is 2.21. The Morgan fingerprint density at radius 2 is 2.50 bits per heavy atom. The van der Waals surface area contributed by atoms with Crippen LogP contribution >= 0.6 is 11.8 Å². The maximum atomic E-state index is 10.3. The zero-order valence-corrected chi connectivity index (χ0v) is 5.83. The standard InChI is InChI=1S/C6H10OS/c1-6(4-7)2-3-8-5-6/h4H,2-3,5H2,1H3. The van der Waals surface area contributed by atoms with E-state index in [1.165, 1.54) is 0 Å². The van der Waals surface area contributed by atoms with E-state index in [9.17, 15) is 4.79 Å². The van der Waals surface area contributed by atoms with Crippen LogP contribution in [0.4, 0.5) is 0 Å².